The third-order valence-electron chi connectivity index (χ3n) is 4.75. The second-order valence-electron chi connectivity index (χ2n) is 9.86. The normalized spacial score (nSPS) is 14.3. The molecule has 2 aromatic rings. The SMILES string of the molecule is CC(C)(C)c1ccc2c(c1)-c1cc(C(C)(C)C)ccc1[CH]2[Zr].CC(C)(Cl)Cl. The molecule has 0 aromatic heterocycles. The van der Waals surface area contributed by atoms with Gasteiger partial charge in [0.15, 0.2) is 0 Å². The van der Waals surface area contributed by atoms with E-state index in [2.05, 4.69) is 77.9 Å². The largest absolute Gasteiger partial charge is 0.112 e. The molecule has 0 atom stereocenters. The van der Waals surface area contributed by atoms with E-state index in [-0.39, 0.29) is 10.8 Å². The van der Waals surface area contributed by atoms with Crippen molar-refractivity contribution in [1.29, 1.82) is 0 Å². The van der Waals surface area contributed by atoms with Crippen LogP contribution in [0.25, 0.3) is 11.1 Å². The van der Waals surface area contributed by atoms with E-state index in [0.717, 1.165) is 0 Å². The zero-order valence-electron chi connectivity index (χ0n) is 17.8. The summed E-state index contributed by atoms with van der Waals surface area (Å²) in [6.45, 7) is 17.2. The van der Waals surface area contributed by atoms with Gasteiger partial charge in [-0.3, -0.25) is 0 Å². The molecule has 27 heavy (non-hydrogen) atoms. The van der Waals surface area contributed by atoms with Crippen molar-refractivity contribution in [2.75, 3.05) is 0 Å². The maximum atomic E-state index is 5.30. The van der Waals surface area contributed by atoms with Gasteiger partial charge in [-0.05, 0) is 13.8 Å². The summed E-state index contributed by atoms with van der Waals surface area (Å²) in [7, 11) is 0. The Bertz CT molecular complexity index is 748. The summed E-state index contributed by atoms with van der Waals surface area (Å²) in [6.07, 6.45) is 0. The van der Waals surface area contributed by atoms with Crippen molar-refractivity contribution >= 4 is 23.2 Å². The molecule has 0 spiro atoms. The van der Waals surface area contributed by atoms with Crippen LogP contribution in [0.15, 0.2) is 36.4 Å². The Labute approximate surface area is 190 Å². The zero-order chi connectivity index (χ0) is 20.8. The van der Waals surface area contributed by atoms with Crippen molar-refractivity contribution in [1.82, 2.24) is 0 Å². The second kappa shape index (κ2) is 7.97. The van der Waals surface area contributed by atoms with Crippen molar-refractivity contribution in [2.24, 2.45) is 0 Å². The number of rotatable bonds is 0. The molecular weight excluding hydrogens is 450 g/mol. The Hall–Kier alpha value is -0.0969. The van der Waals surface area contributed by atoms with Crippen LogP contribution in [-0.4, -0.2) is 4.33 Å². The summed E-state index contributed by atoms with van der Waals surface area (Å²) in [5, 5.41) is 0. The number of alkyl halides is 2. The average molecular weight is 482 g/mol. The van der Waals surface area contributed by atoms with Gasteiger partial charge in [0.1, 0.15) is 4.33 Å². The van der Waals surface area contributed by atoms with Gasteiger partial charge >= 0.3 is 150 Å². The molecule has 0 aliphatic heterocycles. The molecule has 0 unspecified atom stereocenters. The minimum Gasteiger partial charge on any atom is -0.102 e. The molecule has 1 aliphatic carbocycles. The summed E-state index contributed by atoms with van der Waals surface area (Å²) < 4.78 is 0.0419. The predicted molar refractivity (Wildman–Crippen MR) is 117 cm³/mol. The maximum Gasteiger partial charge on any atom is 0.112 e. The third-order valence-corrected chi connectivity index (χ3v) is 6.28. The number of halogens is 2. The minimum absolute atomic E-state index is 0.204. The summed E-state index contributed by atoms with van der Waals surface area (Å²) in [5.41, 5.74) is 9.25. The third kappa shape index (κ3) is 5.94. The quantitative estimate of drug-likeness (QED) is 0.334. The summed E-state index contributed by atoms with van der Waals surface area (Å²) in [4.78, 5) is 0. The Morgan fingerprint density at radius 2 is 0.963 bits per heavy atom. The fourth-order valence-corrected chi connectivity index (χ4v) is 4.42. The topological polar surface area (TPSA) is 0 Å². The molecule has 0 heterocycles. The fraction of sp³-hybridized carbons (Fsp3) is 0.500. The number of hydrogen-bond acceptors (Lipinski definition) is 0. The van der Waals surface area contributed by atoms with E-state index in [0.29, 0.717) is 3.63 Å². The van der Waals surface area contributed by atoms with Gasteiger partial charge in [-0.2, -0.15) is 0 Å². The molecule has 0 fully saturated rings. The van der Waals surface area contributed by atoms with E-state index in [9.17, 15) is 0 Å². The minimum atomic E-state index is -0.556. The molecule has 0 bridgehead atoms. The van der Waals surface area contributed by atoms with Crippen molar-refractivity contribution in [3.05, 3.63) is 58.7 Å². The van der Waals surface area contributed by atoms with Crippen LogP contribution in [0.5, 0.6) is 0 Å². The van der Waals surface area contributed by atoms with E-state index in [1.54, 1.807) is 38.6 Å². The van der Waals surface area contributed by atoms with Gasteiger partial charge in [0, 0.05) is 0 Å². The monoisotopic (exact) mass is 479 g/mol. The second-order valence-corrected chi connectivity index (χ2v) is 13.4. The molecular formula is C24H31Cl2Zr. The van der Waals surface area contributed by atoms with E-state index >= 15 is 0 Å². The van der Waals surface area contributed by atoms with Gasteiger partial charge in [0.25, 0.3) is 0 Å². The van der Waals surface area contributed by atoms with Crippen molar-refractivity contribution in [3.63, 3.8) is 0 Å². The van der Waals surface area contributed by atoms with Gasteiger partial charge in [-0.25, -0.2) is 0 Å². The number of hydrogen-bond donors (Lipinski definition) is 0. The average Bonchev–Trinajstić information content (AvgIpc) is 2.76. The molecule has 0 saturated carbocycles. The molecule has 1 aliphatic rings. The van der Waals surface area contributed by atoms with Crippen molar-refractivity contribution in [3.8, 4) is 11.1 Å². The molecule has 0 N–H and O–H groups in total. The van der Waals surface area contributed by atoms with Crippen LogP contribution >= 0.6 is 23.2 Å². The summed E-state index contributed by atoms with van der Waals surface area (Å²) >= 11 is 12.2. The van der Waals surface area contributed by atoms with Crippen LogP contribution in [0.3, 0.4) is 0 Å². The van der Waals surface area contributed by atoms with E-state index in [1.165, 1.54) is 33.4 Å². The summed E-state index contributed by atoms with van der Waals surface area (Å²) in [5.74, 6) is 0. The molecule has 0 amide bonds. The molecule has 145 valence electrons. The Balaban J connectivity index is 0.000000465. The molecule has 3 rings (SSSR count). The van der Waals surface area contributed by atoms with Crippen LogP contribution in [-0.2, 0) is 35.5 Å². The van der Waals surface area contributed by atoms with Gasteiger partial charge in [0.05, 0.1) is 0 Å². The molecule has 3 heteroatoms. The van der Waals surface area contributed by atoms with Crippen LogP contribution < -0.4 is 0 Å². The first-order valence-electron chi connectivity index (χ1n) is 9.47. The van der Waals surface area contributed by atoms with Gasteiger partial charge in [0.2, 0.25) is 0 Å². The number of fused-ring (bicyclic) bond motifs is 3. The molecule has 0 radical (unpaired) electrons. The smallest absolute Gasteiger partial charge is 0.102 e. The van der Waals surface area contributed by atoms with Crippen molar-refractivity contribution < 1.29 is 24.7 Å². The van der Waals surface area contributed by atoms with E-state index < -0.39 is 4.33 Å². The van der Waals surface area contributed by atoms with Crippen LogP contribution in [0.1, 0.15) is 81.3 Å². The van der Waals surface area contributed by atoms with Crippen molar-refractivity contribution in [2.45, 2.75) is 74.2 Å². The first kappa shape index (κ1) is 23.2. The number of benzene rings is 2. The predicted octanol–water partition coefficient (Wildman–Crippen LogP) is 8.10. The molecule has 0 saturated heterocycles. The molecule has 0 nitrogen and oxygen atoms in total. The van der Waals surface area contributed by atoms with Crippen LogP contribution in [0.2, 0.25) is 0 Å². The van der Waals surface area contributed by atoms with E-state index in [4.69, 9.17) is 23.2 Å². The Kier molecular flexibility index (Phi) is 6.84. The van der Waals surface area contributed by atoms with Crippen LogP contribution in [0, 0.1) is 0 Å². The summed E-state index contributed by atoms with van der Waals surface area (Å²) in [6, 6.07) is 14.3. The van der Waals surface area contributed by atoms with Gasteiger partial charge in [-0.1, -0.05) is 0 Å². The Morgan fingerprint density at radius 1 is 0.667 bits per heavy atom. The maximum absolute atomic E-state index is 5.30. The Morgan fingerprint density at radius 3 is 1.22 bits per heavy atom. The molecule has 2 aromatic carbocycles. The zero-order valence-corrected chi connectivity index (χ0v) is 21.8. The van der Waals surface area contributed by atoms with E-state index in [1.807, 2.05) is 0 Å². The van der Waals surface area contributed by atoms with Gasteiger partial charge < -0.3 is 0 Å². The standard InChI is InChI=1S/C21H25.C3H6Cl2.Zr/c1-20(2,3)16-9-7-14-11-15-8-10-17(21(4,5)6)13-19(15)18(14)12-16;1-3(2,4)5;/h7-13H,1-6H3;1-2H3;. The first-order valence-corrected chi connectivity index (χ1v) is 11.6. The first-order chi connectivity index (χ1) is 12.1. The fourth-order valence-electron chi connectivity index (χ4n) is 3.18. The van der Waals surface area contributed by atoms with Gasteiger partial charge in [-0.15, -0.1) is 23.2 Å². The van der Waals surface area contributed by atoms with Crippen LogP contribution in [0.4, 0.5) is 0 Å².